The Morgan fingerprint density at radius 1 is 1.16 bits per heavy atom. The molecule has 3 aromatic rings. The van der Waals surface area contributed by atoms with Gasteiger partial charge in [-0.3, -0.25) is 4.79 Å². The highest BCUT2D eigenvalue weighted by atomic mass is 19.2. The fraction of sp³-hybridized carbons (Fsp3) is 0.409. The molecule has 2 aliphatic rings. The summed E-state index contributed by atoms with van der Waals surface area (Å²) < 4.78 is 29.2. The molecule has 2 fully saturated rings. The molecule has 1 saturated heterocycles. The number of likely N-dealkylation sites (tertiary alicyclic amines) is 1. The van der Waals surface area contributed by atoms with Crippen LogP contribution in [0.1, 0.15) is 43.6 Å². The first-order chi connectivity index (χ1) is 15.5. The van der Waals surface area contributed by atoms with Crippen LogP contribution in [-0.2, 0) is 4.79 Å². The summed E-state index contributed by atoms with van der Waals surface area (Å²) in [5.41, 5.74) is 7.39. The number of tetrazole rings is 1. The van der Waals surface area contributed by atoms with Crippen molar-refractivity contribution in [3.8, 4) is 17.1 Å². The van der Waals surface area contributed by atoms with E-state index in [0.29, 0.717) is 31.0 Å². The Kier molecular flexibility index (Phi) is 5.28. The summed E-state index contributed by atoms with van der Waals surface area (Å²) in [7, 11) is 0. The van der Waals surface area contributed by atoms with E-state index in [0.717, 1.165) is 29.2 Å². The summed E-state index contributed by atoms with van der Waals surface area (Å²) in [6.07, 6.45) is 6.37. The smallest absolute Gasteiger partial charge is 0.222 e. The van der Waals surface area contributed by atoms with Crippen molar-refractivity contribution in [2.45, 2.75) is 38.0 Å². The zero-order valence-corrected chi connectivity index (χ0v) is 17.4. The maximum absolute atomic E-state index is 14.3. The van der Waals surface area contributed by atoms with Crippen molar-refractivity contribution >= 4 is 11.7 Å². The van der Waals surface area contributed by atoms with E-state index in [9.17, 15) is 13.6 Å². The van der Waals surface area contributed by atoms with Crippen LogP contribution >= 0.6 is 0 Å². The van der Waals surface area contributed by atoms with Crippen LogP contribution in [0.25, 0.3) is 17.1 Å². The number of hydrogen-bond acceptors (Lipinski definition) is 6. The molecule has 10 heteroatoms. The number of benzene rings is 1. The number of carbonyl (C=O) groups excluding carboxylic acids is 1. The lowest BCUT2D eigenvalue weighted by Gasteiger charge is -2.32. The maximum Gasteiger partial charge on any atom is 0.222 e. The fourth-order valence-electron chi connectivity index (χ4n) is 4.23. The molecule has 8 nitrogen and oxygen atoms in total. The lowest BCUT2D eigenvalue weighted by molar-refractivity contribution is -0.132. The number of halogens is 2. The van der Waals surface area contributed by atoms with Gasteiger partial charge in [0.2, 0.25) is 5.91 Å². The molecule has 1 saturated carbocycles. The van der Waals surface area contributed by atoms with Crippen LogP contribution in [0.2, 0.25) is 0 Å². The third-order valence-corrected chi connectivity index (χ3v) is 6.29. The number of anilines is 1. The van der Waals surface area contributed by atoms with Crippen molar-refractivity contribution in [3.05, 3.63) is 47.7 Å². The van der Waals surface area contributed by atoms with Crippen molar-refractivity contribution in [2.75, 3.05) is 18.8 Å². The van der Waals surface area contributed by atoms with Gasteiger partial charge in [-0.05, 0) is 71.7 Å². The predicted octanol–water partition coefficient (Wildman–Crippen LogP) is 3.09. The number of hydrogen-bond donors (Lipinski definition) is 1. The van der Waals surface area contributed by atoms with Crippen LogP contribution in [0.4, 0.5) is 14.6 Å². The lowest BCUT2D eigenvalue weighted by Crippen LogP contribution is -2.38. The maximum atomic E-state index is 14.3. The highest BCUT2D eigenvalue weighted by Crippen LogP contribution is 2.35. The molecular formula is C22H23F2N7O. The zero-order valence-electron chi connectivity index (χ0n) is 17.4. The van der Waals surface area contributed by atoms with Crippen molar-refractivity contribution < 1.29 is 13.6 Å². The Morgan fingerprint density at radius 2 is 1.94 bits per heavy atom. The first kappa shape index (κ1) is 20.5. The molecule has 3 heterocycles. The van der Waals surface area contributed by atoms with Crippen LogP contribution in [0, 0.1) is 17.6 Å². The molecule has 0 radical (unpaired) electrons. The molecule has 0 atom stereocenters. The molecule has 1 aromatic carbocycles. The Balaban J connectivity index is 1.38. The Bertz CT molecular complexity index is 1150. The van der Waals surface area contributed by atoms with E-state index in [1.54, 1.807) is 6.20 Å². The lowest BCUT2D eigenvalue weighted by atomic mass is 9.89. The summed E-state index contributed by atoms with van der Waals surface area (Å²) in [4.78, 5) is 18.6. The molecular weight excluding hydrogens is 416 g/mol. The van der Waals surface area contributed by atoms with Crippen molar-refractivity contribution in [3.63, 3.8) is 0 Å². The largest absolute Gasteiger partial charge is 0.383 e. The third-order valence-electron chi connectivity index (χ3n) is 6.29. The standard InChI is InChI=1S/C22H23F2N7O/c23-17-2-1-3-18(20(17)24)31-22(27-28-29-31)16-11-15(12-26-21(16)25)14-6-8-30(9-7-14)19(32)10-13-4-5-13/h1-3,11-14H,4-10H2,(H2,25,26). The minimum atomic E-state index is -1.05. The van der Waals surface area contributed by atoms with Crippen LogP contribution in [-0.4, -0.2) is 49.1 Å². The van der Waals surface area contributed by atoms with E-state index in [2.05, 4.69) is 20.5 Å². The van der Waals surface area contributed by atoms with Gasteiger partial charge in [-0.2, -0.15) is 4.68 Å². The van der Waals surface area contributed by atoms with Gasteiger partial charge in [-0.1, -0.05) is 6.07 Å². The van der Waals surface area contributed by atoms with Crippen molar-refractivity contribution in [2.24, 2.45) is 5.92 Å². The van der Waals surface area contributed by atoms with Crippen LogP contribution in [0.15, 0.2) is 30.5 Å². The quantitative estimate of drug-likeness (QED) is 0.655. The van der Waals surface area contributed by atoms with E-state index < -0.39 is 11.6 Å². The van der Waals surface area contributed by atoms with Gasteiger partial charge >= 0.3 is 0 Å². The summed E-state index contributed by atoms with van der Waals surface area (Å²) in [6, 6.07) is 5.66. The highest BCUT2D eigenvalue weighted by Gasteiger charge is 2.30. The normalized spacial score (nSPS) is 17.0. The van der Waals surface area contributed by atoms with Gasteiger partial charge in [-0.15, -0.1) is 5.10 Å². The molecule has 1 aliphatic heterocycles. The molecule has 0 spiro atoms. The summed E-state index contributed by atoms with van der Waals surface area (Å²) in [5, 5.41) is 11.4. The molecule has 2 aromatic heterocycles. The molecule has 5 rings (SSSR count). The van der Waals surface area contributed by atoms with Gasteiger partial charge in [0.05, 0.1) is 5.56 Å². The summed E-state index contributed by atoms with van der Waals surface area (Å²) >= 11 is 0. The molecule has 32 heavy (non-hydrogen) atoms. The number of rotatable bonds is 5. The monoisotopic (exact) mass is 439 g/mol. The number of pyridine rings is 1. The van der Waals surface area contributed by atoms with E-state index in [-0.39, 0.29) is 29.2 Å². The van der Waals surface area contributed by atoms with Gasteiger partial charge in [0.25, 0.3) is 0 Å². The summed E-state index contributed by atoms with van der Waals surface area (Å²) in [6.45, 7) is 1.42. The number of nitrogen functional groups attached to an aromatic ring is 1. The SMILES string of the molecule is Nc1ncc(C2CCN(C(=O)CC3CC3)CC2)cc1-c1nnnn1-c1cccc(F)c1F. The number of piperidine rings is 1. The third kappa shape index (κ3) is 3.92. The van der Waals surface area contributed by atoms with E-state index >= 15 is 0 Å². The molecule has 166 valence electrons. The Hall–Kier alpha value is -3.43. The average Bonchev–Trinajstić information content (AvgIpc) is 3.49. The van der Waals surface area contributed by atoms with Crippen LogP contribution < -0.4 is 5.73 Å². The van der Waals surface area contributed by atoms with E-state index in [4.69, 9.17) is 5.73 Å². The minimum Gasteiger partial charge on any atom is -0.383 e. The Morgan fingerprint density at radius 3 is 2.69 bits per heavy atom. The Labute approximate surface area is 183 Å². The van der Waals surface area contributed by atoms with Gasteiger partial charge in [0, 0.05) is 25.7 Å². The second-order valence-corrected chi connectivity index (χ2v) is 8.49. The molecule has 1 amide bonds. The first-order valence-corrected chi connectivity index (χ1v) is 10.8. The van der Waals surface area contributed by atoms with Crippen molar-refractivity contribution in [1.29, 1.82) is 0 Å². The molecule has 2 N–H and O–H groups in total. The molecule has 0 bridgehead atoms. The van der Waals surface area contributed by atoms with Gasteiger partial charge in [-0.25, -0.2) is 13.8 Å². The van der Waals surface area contributed by atoms with Crippen LogP contribution in [0.3, 0.4) is 0 Å². The minimum absolute atomic E-state index is 0.114. The second kappa shape index (κ2) is 8.25. The predicted molar refractivity (Wildman–Crippen MR) is 113 cm³/mol. The topological polar surface area (TPSA) is 103 Å². The average molecular weight is 439 g/mol. The fourth-order valence-corrected chi connectivity index (χ4v) is 4.23. The number of amides is 1. The van der Waals surface area contributed by atoms with Crippen LogP contribution in [0.5, 0.6) is 0 Å². The van der Waals surface area contributed by atoms with Gasteiger partial charge in [0.15, 0.2) is 17.5 Å². The summed E-state index contributed by atoms with van der Waals surface area (Å²) in [5.74, 6) is -0.630. The van der Waals surface area contributed by atoms with Gasteiger partial charge < -0.3 is 10.6 Å². The van der Waals surface area contributed by atoms with Gasteiger partial charge in [0.1, 0.15) is 11.5 Å². The van der Waals surface area contributed by atoms with E-state index in [1.807, 2.05) is 11.0 Å². The number of nitrogens with zero attached hydrogens (tertiary/aromatic N) is 6. The molecule has 0 unspecified atom stereocenters. The first-order valence-electron chi connectivity index (χ1n) is 10.8. The number of carbonyl (C=O) groups is 1. The molecule has 1 aliphatic carbocycles. The number of aromatic nitrogens is 5. The zero-order chi connectivity index (χ0) is 22.2. The second-order valence-electron chi connectivity index (χ2n) is 8.49. The van der Waals surface area contributed by atoms with Crippen molar-refractivity contribution in [1.82, 2.24) is 30.1 Å². The number of nitrogens with two attached hydrogens (primary N) is 1. The highest BCUT2D eigenvalue weighted by molar-refractivity contribution is 5.77. The van der Waals surface area contributed by atoms with E-state index in [1.165, 1.54) is 25.0 Å².